The van der Waals surface area contributed by atoms with Crippen molar-refractivity contribution >= 4 is 11.7 Å². The molecule has 0 unspecified atom stereocenters. The average Bonchev–Trinajstić information content (AvgIpc) is 2.48. The summed E-state index contributed by atoms with van der Waals surface area (Å²) in [6.45, 7) is 2.01. The minimum absolute atomic E-state index is 0.150. The predicted molar refractivity (Wildman–Crippen MR) is 77.7 cm³/mol. The highest BCUT2D eigenvalue weighted by Gasteiger charge is 2.14. The summed E-state index contributed by atoms with van der Waals surface area (Å²) in [4.78, 5) is 11.7. The maximum absolute atomic E-state index is 13.2. The van der Waals surface area contributed by atoms with Crippen molar-refractivity contribution in [1.29, 1.82) is 0 Å². The van der Waals surface area contributed by atoms with Crippen LogP contribution in [0.4, 0.5) is 10.1 Å². The smallest absolute Gasteiger partial charge is 0.341 e. The van der Waals surface area contributed by atoms with Crippen molar-refractivity contribution in [2.75, 3.05) is 12.8 Å². The SMILES string of the molecule is COC(=O)c1cc(N)ccc1OCc1cc(F)ccc1C. The first-order valence-corrected chi connectivity index (χ1v) is 6.37. The van der Waals surface area contributed by atoms with Crippen LogP contribution < -0.4 is 10.5 Å². The van der Waals surface area contributed by atoms with Gasteiger partial charge in [-0.15, -0.1) is 0 Å². The highest BCUT2D eigenvalue weighted by atomic mass is 19.1. The Morgan fingerprint density at radius 3 is 2.71 bits per heavy atom. The van der Waals surface area contributed by atoms with Gasteiger partial charge in [-0.1, -0.05) is 6.07 Å². The lowest BCUT2D eigenvalue weighted by atomic mass is 10.1. The van der Waals surface area contributed by atoms with E-state index in [0.29, 0.717) is 17.0 Å². The van der Waals surface area contributed by atoms with E-state index in [-0.39, 0.29) is 18.0 Å². The number of ether oxygens (including phenoxy) is 2. The van der Waals surface area contributed by atoms with Gasteiger partial charge in [0.1, 0.15) is 23.7 Å². The zero-order chi connectivity index (χ0) is 15.4. The number of aryl methyl sites for hydroxylation is 1. The minimum atomic E-state index is -0.534. The van der Waals surface area contributed by atoms with Crippen molar-refractivity contribution in [1.82, 2.24) is 0 Å². The second kappa shape index (κ2) is 6.26. The fourth-order valence-electron chi connectivity index (χ4n) is 1.89. The number of nitrogen functional groups attached to an aromatic ring is 1. The van der Waals surface area contributed by atoms with Gasteiger partial charge in [0.05, 0.1) is 7.11 Å². The summed E-state index contributed by atoms with van der Waals surface area (Å²) in [5, 5.41) is 0. The molecule has 0 aliphatic heterocycles. The first-order valence-electron chi connectivity index (χ1n) is 6.37. The van der Waals surface area contributed by atoms with Crippen molar-refractivity contribution in [3.63, 3.8) is 0 Å². The lowest BCUT2D eigenvalue weighted by Crippen LogP contribution is -2.07. The van der Waals surface area contributed by atoms with Crippen molar-refractivity contribution in [2.24, 2.45) is 0 Å². The van der Waals surface area contributed by atoms with E-state index >= 15 is 0 Å². The molecule has 0 amide bonds. The second-order valence-corrected chi connectivity index (χ2v) is 4.61. The summed E-state index contributed by atoms with van der Waals surface area (Å²) in [6.07, 6.45) is 0. The van der Waals surface area contributed by atoms with Crippen LogP contribution in [0, 0.1) is 12.7 Å². The number of carbonyl (C=O) groups is 1. The number of benzene rings is 2. The van der Waals surface area contributed by atoms with Crippen LogP contribution in [0.5, 0.6) is 5.75 Å². The molecule has 5 heteroatoms. The van der Waals surface area contributed by atoms with E-state index in [1.165, 1.54) is 25.3 Å². The summed E-state index contributed by atoms with van der Waals surface area (Å²) in [5.41, 5.74) is 7.95. The Labute approximate surface area is 122 Å². The van der Waals surface area contributed by atoms with E-state index in [1.54, 1.807) is 18.2 Å². The monoisotopic (exact) mass is 289 g/mol. The van der Waals surface area contributed by atoms with Gasteiger partial charge in [-0.3, -0.25) is 0 Å². The van der Waals surface area contributed by atoms with Crippen LogP contribution in [0.25, 0.3) is 0 Å². The van der Waals surface area contributed by atoms with Crippen LogP contribution in [0.2, 0.25) is 0 Å². The fraction of sp³-hybridized carbons (Fsp3) is 0.188. The zero-order valence-electron chi connectivity index (χ0n) is 11.9. The molecule has 2 rings (SSSR count). The van der Waals surface area contributed by atoms with Crippen molar-refractivity contribution in [2.45, 2.75) is 13.5 Å². The number of nitrogens with two attached hydrogens (primary N) is 1. The molecule has 0 aromatic heterocycles. The Morgan fingerprint density at radius 2 is 2.00 bits per heavy atom. The van der Waals surface area contributed by atoms with E-state index in [2.05, 4.69) is 0 Å². The minimum Gasteiger partial charge on any atom is -0.488 e. The number of carbonyl (C=O) groups excluding carboxylic acids is 1. The Morgan fingerprint density at radius 1 is 1.24 bits per heavy atom. The molecule has 0 spiro atoms. The molecule has 0 aliphatic carbocycles. The Kier molecular flexibility index (Phi) is 4.42. The molecular formula is C16H16FNO3. The molecule has 2 aromatic carbocycles. The molecule has 21 heavy (non-hydrogen) atoms. The maximum Gasteiger partial charge on any atom is 0.341 e. The zero-order valence-corrected chi connectivity index (χ0v) is 11.9. The molecule has 4 nitrogen and oxygen atoms in total. The highest BCUT2D eigenvalue weighted by Crippen LogP contribution is 2.24. The van der Waals surface area contributed by atoms with Crippen LogP contribution in [0.1, 0.15) is 21.5 Å². The van der Waals surface area contributed by atoms with E-state index in [1.807, 2.05) is 6.92 Å². The number of halogens is 1. The molecule has 0 saturated carbocycles. The Hall–Kier alpha value is -2.56. The topological polar surface area (TPSA) is 61.5 Å². The Balaban J connectivity index is 2.24. The normalized spacial score (nSPS) is 10.2. The molecule has 0 saturated heterocycles. The summed E-state index contributed by atoms with van der Waals surface area (Å²) >= 11 is 0. The quantitative estimate of drug-likeness (QED) is 0.694. The predicted octanol–water partition coefficient (Wildman–Crippen LogP) is 3.08. The third kappa shape index (κ3) is 3.51. The number of hydrogen-bond acceptors (Lipinski definition) is 4. The average molecular weight is 289 g/mol. The van der Waals surface area contributed by atoms with Crippen LogP contribution in [-0.4, -0.2) is 13.1 Å². The molecule has 0 aliphatic rings. The van der Waals surface area contributed by atoms with Gasteiger partial charge in [0.2, 0.25) is 0 Å². The lowest BCUT2D eigenvalue weighted by Gasteiger charge is -2.12. The number of hydrogen-bond donors (Lipinski definition) is 1. The van der Waals surface area contributed by atoms with Gasteiger partial charge < -0.3 is 15.2 Å². The summed E-state index contributed by atoms with van der Waals surface area (Å²) in [5.74, 6) is -0.516. The van der Waals surface area contributed by atoms with Crippen LogP contribution >= 0.6 is 0 Å². The lowest BCUT2D eigenvalue weighted by molar-refractivity contribution is 0.0595. The first-order chi connectivity index (χ1) is 10.0. The van der Waals surface area contributed by atoms with Gasteiger partial charge in [0, 0.05) is 5.69 Å². The molecular weight excluding hydrogens is 273 g/mol. The maximum atomic E-state index is 13.2. The van der Waals surface area contributed by atoms with Crippen molar-refractivity contribution < 1.29 is 18.7 Å². The number of methoxy groups -OCH3 is 1. The molecule has 0 radical (unpaired) electrons. The molecule has 0 heterocycles. The molecule has 2 N–H and O–H groups in total. The molecule has 0 bridgehead atoms. The largest absolute Gasteiger partial charge is 0.488 e. The number of esters is 1. The van der Waals surface area contributed by atoms with Gasteiger partial charge in [-0.05, 0) is 48.4 Å². The first kappa shape index (κ1) is 14.8. The summed E-state index contributed by atoms with van der Waals surface area (Å²) in [6, 6.07) is 9.18. The van der Waals surface area contributed by atoms with Crippen LogP contribution in [-0.2, 0) is 11.3 Å². The van der Waals surface area contributed by atoms with E-state index < -0.39 is 5.97 Å². The van der Waals surface area contributed by atoms with Gasteiger partial charge in [0.25, 0.3) is 0 Å². The van der Waals surface area contributed by atoms with Gasteiger partial charge in [-0.25, -0.2) is 9.18 Å². The Bertz CT molecular complexity index is 671. The molecule has 0 atom stereocenters. The van der Waals surface area contributed by atoms with Gasteiger partial charge >= 0.3 is 5.97 Å². The van der Waals surface area contributed by atoms with Gasteiger partial charge in [-0.2, -0.15) is 0 Å². The standard InChI is InChI=1S/C16H16FNO3/c1-10-3-4-12(17)7-11(10)9-21-15-6-5-13(18)8-14(15)16(19)20-2/h3-8H,9,18H2,1-2H3. The van der Waals surface area contributed by atoms with E-state index in [9.17, 15) is 9.18 Å². The van der Waals surface area contributed by atoms with Crippen LogP contribution in [0.3, 0.4) is 0 Å². The molecule has 0 fully saturated rings. The van der Waals surface area contributed by atoms with E-state index in [0.717, 1.165) is 5.56 Å². The highest BCUT2D eigenvalue weighted by molar-refractivity contribution is 5.93. The van der Waals surface area contributed by atoms with Crippen molar-refractivity contribution in [3.05, 3.63) is 58.9 Å². The third-order valence-corrected chi connectivity index (χ3v) is 3.10. The van der Waals surface area contributed by atoms with Crippen LogP contribution in [0.15, 0.2) is 36.4 Å². The summed E-state index contributed by atoms with van der Waals surface area (Å²) in [7, 11) is 1.28. The number of anilines is 1. The number of rotatable bonds is 4. The second-order valence-electron chi connectivity index (χ2n) is 4.61. The summed E-state index contributed by atoms with van der Waals surface area (Å²) < 4.78 is 23.5. The van der Waals surface area contributed by atoms with Gasteiger partial charge in [0.15, 0.2) is 0 Å². The molecule has 2 aromatic rings. The molecule has 110 valence electrons. The van der Waals surface area contributed by atoms with Crippen molar-refractivity contribution in [3.8, 4) is 5.75 Å². The van der Waals surface area contributed by atoms with E-state index in [4.69, 9.17) is 15.2 Å². The fourth-order valence-corrected chi connectivity index (χ4v) is 1.89. The third-order valence-electron chi connectivity index (χ3n) is 3.10.